The summed E-state index contributed by atoms with van der Waals surface area (Å²) >= 11 is 0. The molecule has 0 bridgehead atoms. The quantitative estimate of drug-likeness (QED) is 0.776. The standard InChI is InChI=1S/C12H20N2O2/c1-4-12(5-2,9-15)14-10-7-6-8-11(13-10)16-3/h6-8,15H,4-5,9H2,1-3H3,(H,13,14). The maximum absolute atomic E-state index is 9.44. The number of pyridine rings is 1. The number of hydrogen-bond acceptors (Lipinski definition) is 4. The molecular formula is C12H20N2O2. The van der Waals surface area contributed by atoms with Gasteiger partial charge in [0.25, 0.3) is 0 Å². The van der Waals surface area contributed by atoms with Crippen molar-refractivity contribution in [2.24, 2.45) is 0 Å². The monoisotopic (exact) mass is 224 g/mol. The van der Waals surface area contributed by atoms with Gasteiger partial charge in [0.2, 0.25) is 5.88 Å². The number of nitrogens with one attached hydrogen (secondary N) is 1. The van der Waals surface area contributed by atoms with Gasteiger partial charge < -0.3 is 15.2 Å². The van der Waals surface area contributed by atoms with Crippen molar-refractivity contribution in [1.29, 1.82) is 0 Å². The van der Waals surface area contributed by atoms with Crippen LogP contribution in [0.3, 0.4) is 0 Å². The summed E-state index contributed by atoms with van der Waals surface area (Å²) in [7, 11) is 1.59. The van der Waals surface area contributed by atoms with Gasteiger partial charge in [0, 0.05) is 6.07 Å². The number of hydrogen-bond donors (Lipinski definition) is 2. The molecule has 0 fully saturated rings. The molecule has 90 valence electrons. The van der Waals surface area contributed by atoms with Crippen molar-refractivity contribution in [3.8, 4) is 5.88 Å². The molecule has 0 unspecified atom stereocenters. The van der Waals surface area contributed by atoms with Crippen molar-refractivity contribution in [1.82, 2.24) is 4.98 Å². The van der Waals surface area contributed by atoms with Crippen molar-refractivity contribution in [3.63, 3.8) is 0 Å². The van der Waals surface area contributed by atoms with E-state index in [1.807, 2.05) is 26.0 Å². The summed E-state index contributed by atoms with van der Waals surface area (Å²) in [5.41, 5.74) is -0.292. The Morgan fingerprint density at radius 1 is 1.38 bits per heavy atom. The Bertz CT molecular complexity index is 316. The molecule has 1 heterocycles. The zero-order chi connectivity index (χ0) is 12.0. The average molecular weight is 224 g/mol. The van der Waals surface area contributed by atoms with E-state index in [9.17, 15) is 5.11 Å². The smallest absolute Gasteiger partial charge is 0.214 e. The Morgan fingerprint density at radius 3 is 2.56 bits per heavy atom. The molecule has 1 rings (SSSR count). The summed E-state index contributed by atoms with van der Waals surface area (Å²) < 4.78 is 5.06. The van der Waals surface area contributed by atoms with E-state index >= 15 is 0 Å². The first kappa shape index (κ1) is 12.8. The molecule has 0 aliphatic rings. The number of rotatable bonds is 6. The zero-order valence-corrected chi connectivity index (χ0v) is 10.2. The summed E-state index contributed by atoms with van der Waals surface area (Å²) in [4.78, 5) is 4.28. The van der Waals surface area contributed by atoms with Crippen molar-refractivity contribution in [2.75, 3.05) is 19.0 Å². The summed E-state index contributed by atoms with van der Waals surface area (Å²) in [6.07, 6.45) is 1.69. The number of aromatic nitrogens is 1. The molecule has 0 spiro atoms. The van der Waals surface area contributed by atoms with E-state index in [0.29, 0.717) is 5.88 Å². The van der Waals surface area contributed by atoms with E-state index < -0.39 is 0 Å². The highest BCUT2D eigenvalue weighted by molar-refractivity contribution is 5.40. The first-order valence-electron chi connectivity index (χ1n) is 5.59. The number of nitrogens with zero attached hydrogens (tertiary/aromatic N) is 1. The lowest BCUT2D eigenvalue weighted by molar-refractivity contribution is 0.202. The second-order valence-corrected chi connectivity index (χ2v) is 3.84. The maximum Gasteiger partial charge on any atom is 0.214 e. The Kier molecular flexibility index (Phi) is 4.55. The highest BCUT2D eigenvalue weighted by Gasteiger charge is 2.25. The molecule has 0 saturated carbocycles. The zero-order valence-electron chi connectivity index (χ0n) is 10.2. The molecule has 4 nitrogen and oxygen atoms in total. The third-order valence-electron chi connectivity index (χ3n) is 2.98. The fourth-order valence-electron chi connectivity index (χ4n) is 1.56. The highest BCUT2D eigenvalue weighted by Crippen LogP contribution is 2.21. The molecule has 2 N–H and O–H groups in total. The number of anilines is 1. The first-order valence-corrected chi connectivity index (χ1v) is 5.59. The molecule has 0 amide bonds. The maximum atomic E-state index is 9.44. The van der Waals surface area contributed by atoms with Gasteiger partial charge in [-0.15, -0.1) is 0 Å². The van der Waals surface area contributed by atoms with E-state index in [1.165, 1.54) is 0 Å². The van der Waals surface area contributed by atoms with Crippen LogP contribution in [0, 0.1) is 0 Å². The van der Waals surface area contributed by atoms with Crippen LogP contribution in [0.5, 0.6) is 5.88 Å². The summed E-state index contributed by atoms with van der Waals surface area (Å²) in [6.45, 7) is 4.19. The number of aliphatic hydroxyl groups excluding tert-OH is 1. The highest BCUT2D eigenvalue weighted by atomic mass is 16.5. The molecule has 1 aromatic heterocycles. The molecule has 1 aromatic rings. The predicted molar refractivity (Wildman–Crippen MR) is 64.8 cm³/mol. The van der Waals surface area contributed by atoms with Gasteiger partial charge >= 0.3 is 0 Å². The molecule has 0 aliphatic heterocycles. The van der Waals surface area contributed by atoms with Crippen LogP contribution in [0.25, 0.3) is 0 Å². The number of ether oxygens (including phenoxy) is 1. The van der Waals surface area contributed by atoms with Gasteiger partial charge in [0.05, 0.1) is 19.3 Å². The van der Waals surface area contributed by atoms with E-state index in [1.54, 1.807) is 13.2 Å². The van der Waals surface area contributed by atoms with Crippen LogP contribution in [0.15, 0.2) is 18.2 Å². The van der Waals surface area contributed by atoms with Crippen LogP contribution in [0.1, 0.15) is 26.7 Å². The molecule has 0 atom stereocenters. The normalized spacial score (nSPS) is 11.2. The van der Waals surface area contributed by atoms with Gasteiger partial charge in [-0.1, -0.05) is 19.9 Å². The van der Waals surface area contributed by atoms with E-state index in [2.05, 4.69) is 10.3 Å². The molecule has 0 aromatic carbocycles. The minimum absolute atomic E-state index is 0.0961. The van der Waals surface area contributed by atoms with Gasteiger partial charge in [-0.05, 0) is 18.9 Å². The second kappa shape index (κ2) is 5.70. The first-order chi connectivity index (χ1) is 7.69. The third kappa shape index (κ3) is 2.85. The van der Waals surface area contributed by atoms with Crippen molar-refractivity contribution >= 4 is 5.82 Å². The van der Waals surface area contributed by atoms with Crippen LogP contribution >= 0.6 is 0 Å². The van der Waals surface area contributed by atoms with Crippen LogP contribution in [-0.2, 0) is 0 Å². The van der Waals surface area contributed by atoms with Gasteiger partial charge in [-0.3, -0.25) is 0 Å². The van der Waals surface area contributed by atoms with Crippen molar-refractivity contribution in [2.45, 2.75) is 32.2 Å². The van der Waals surface area contributed by atoms with Gasteiger partial charge in [-0.2, -0.15) is 4.98 Å². The van der Waals surface area contributed by atoms with E-state index in [4.69, 9.17) is 4.74 Å². The molecular weight excluding hydrogens is 204 g/mol. The van der Waals surface area contributed by atoms with Gasteiger partial charge in [0.15, 0.2) is 0 Å². The fraction of sp³-hybridized carbons (Fsp3) is 0.583. The lowest BCUT2D eigenvalue weighted by atomic mass is 9.94. The lowest BCUT2D eigenvalue weighted by Gasteiger charge is -2.31. The second-order valence-electron chi connectivity index (χ2n) is 3.84. The van der Waals surface area contributed by atoms with Crippen molar-refractivity contribution in [3.05, 3.63) is 18.2 Å². The molecule has 0 aliphatic carbocycles. The minimum atomic E-state index is -0.292. The molecule has 4 heteroatoms. The summed E-state index contributed by atoms with van der Waals surface area (Å²) in [5.74, 6) is 1.31. The largest absolute Gasteiger partial charge is 0.481 e. The summed E-state index contributed by atoms with van der Waals surface area (Å²) in [5, 5.41) is 12.7. The Morgan fingerprint density at radius 2 is 2.06 bits per heavy atom. The number of aliphatic hydroxyl groups is 1. The van der Waals surface area contributed by atoms with Crippen LogP contribution in [0.4, 0.5) is 5.82 Å². The third-order valence-corrected chi connectivity index (χ3v) is 2.98. The van der Waals surface area contributed by atoms with Crippen LogP contribution in [-0.4, -0.2) is 29.3 Å². The van der Waals surface area contributed by atoms with Crippen LogP contribution in [0.2, 0.25) is 0 Å². The summed E-state index contributed by atoms with van der Waals surface area (Å²) in [6, 6.07) is 5.55. The Labute approximate surface area is 96.7 Å². The Balaban J connectivity index is 2.84. The molecule has 0 radical (unpaired) electrons. The van der Waals surface area contributed by atoms with E-state index in [-0.39, 0.29) is 12.1 Å². The number of methoxy groups -OCH3 is 1. The minimum Gasteiger partial charge on any atom is -0.481 e. The Hall–Kier alpha value is -1.29. The average Bonchev–Trinajstić information content (AvgIpc) is 2.36. The lowest BCUT2D eigenvalue weighted by Crippen LogP contribution is -2.41. The van der Waals surface area contributed by atoms with Crippen LogP contribution < -0.4 is 10.1 Å². The topological polar surface area (TPSA) is 54.4 Å². The van der Waals surface area contributed by atoms with E-state index in [0.717, 1.165) is 18.7 Å². The van der Waals surface area contributed by atoms with Gasteiger partial charge in [-0.25, -0.2) is 0 Å². The SMILES string of the molecule is CCC(CC)(CO)Nc1cccc(OC)n1. The fourth-order valence-corrected chi connectivity index (χ4v) is 1.56. The molecule has 0 saturated heterocycles. The van der Waals surface area contributed by atoms with Crippen molar-refractivity contribution < 1.29 is 9.84 Å². The van der Waals surface area contributed by atoms with Gasteiger partial charge in [0.1, 0.15) is 5.82 Å². The predicted octanol–water partition coefficient (Wildman–Crippen LogP) is 2.05. The molecule has 16 heavy (non-hydrogen) atoms.